The fourth-order valence-electron chi connectivity index (χ4n) is 6.81. The third-order valence-corrected chi connectivity index (χ3v) is 8.66. The van der Waals surface area contributed by atoms with Crippen LogP contribution < -0.4 is 0 Å². The summed E-state index contributed by atoms with van der Waals surface area (Å²) in [6.07, 6.45) is 12.1. The van der Waals surface area contributed by atoms with E-state index in [1.807, 2.05) is 0 Å². The molecule has 0 amide bonds. The topological polar surface area (TPSA) is 17.1 Å². The quantitative estimate of drug-likeness (QED) is 0.535. The van der Waals surface area contributed by atoms with Crippen molar-refractivity contribution in [2.45, 2.75) is 91.9 Å². The first-order valence-corrected chi connectivity index (χ1v) is 10.5. The van der Waals surface area contributed by atoms with Gasteiger partial charge in [0.05, 0.1) is 0 Å². The highest BCUT2D eigenvalue weighted by Crippen LogP contribution is 2.62. The molecule has 0 aromatic carbocycles. The molecule has 24 heavy (non-hydrogen) atoms. The smallest absolute Gasteiger partial charge is 0.139 e. The van der Waals surface area contributed by atoms with Crippen molar-refractivity contribution in [1.29, 1.82) is 0 Å². The summed E-state index contributed by atoms with van der Waals surface area (Å²) in [6, 6.07) is 0. The van der Waals surface area contributed by atoms with Gasteiger partial charge in [-0.05, 0) is 86.9 Å². The largest absolute Gasteiger partial charge is 0.299 e. The van der Waals surface area contributed by atoms with Gasteiger partial charge in [0.2, 0.25) is 0 Å². The maximum atomic E-state index is 12.9. The average Bonchev–Trinajstić information content (AvgIpc) is 2.68. The number of hydrogen-bond donors (Lipinski definition) is 0. The molecular formula is C23H38O. The van der Waals surface area contributed by atoms with Gasteiger partial charge >= 0.3 is 0 Å². The van der Waals surface area contributed by atoms with Crippen molar-refractivity contribution in [3.8, 4) is 0 Å². The van der Waals surface area contributed by atoms with Crippen molar-refractivity contribution in [2.75, 3.05) is 0 Å². The molecule has 0 saturated heterocycles. The molecule has 6 atom stereocenters. The predicted octanol–water partition coefficient (Wildman–Crippen LogP) is 6.57. The average molecular weight is 331 g/mol. The molecule has 0 N–H and O–H groups in total. The van der Waals surface area contributed by atoms with E-state index in [0.717, 1.165) is 37.0 Å². The van der Waals surface area contributed by atoms with Crippen LogP contribution in [0.5, 0.6) is 0 Å². The zero-order chi connectivity index (χ0) is 17.5. The highest BCUT2D eigenvalue weighted by Gasteiger charge is 2.56. The molecule has 3 rings (SSSR count). The molecule has 3 fully saturated rings. The van der Waals surface area contributed by atoms with Gasteiger partial charge in [-0.15, -0.1) is 0 Å². The number of carbonyl (C=O) groups excluding carboxylic acids is 1. The van der Waals surface area contributed by atoms with E-state index in [0.29, 0.717) is 17.1 Å². The summed E-state index contributed by atoms with van der Waals surface area (Å²) in [4.78, 5) is 12.9. The fourth-order valence-corrected chi connectivity index (χ4v) is 6.81. The van der Waals surface area contributed by atoms with Gasteiger partial charge in [-0.1, -0.05) is 39.8 Å². The maximum absolute atomic E-state index is 12.9. The molecule has 136 valence electrons. The van der Waals surface area contributed by atoms with Crippen molar-refractivity contribution >= 4 is 5.78 Å². The van der Waals surface area contributed by atoms with E-state index in [4.69, 9.17) is 0 Å². The van der Waals surface area contributed by atoms with Gasteiger partial charge < -0.3 is 0 Å². The lowest BCUT2D eigenvalue weighted by Gasteiger charge is -2.58. The minimum atomic E-state index is -0.0608. The van der Waals surface area contributed by atoms with Gasteiger partial charge in [-0.3, -0.25) is 4.79 Å². The Bertz CT molecular complexity index is 506. The highest BCUT2D eigenvalue weighted by atomic mass is 16.1. The third kappa shape index (κ3) is 2.80. The molecular weight excluding hydrogens is 292 g/mol. The van der Waals surface area contributed by atoms with E-state index < -0.39 is 0 Å². The van der Waals surface area contributed by atoms with Crippen LogP contribution in [0, 0.1) is 34.5 Å². The van der Waals surface area contributed by atoms with Crippen molar-refractivity contribution in [3.05, 3.63) is 12.2 Å². The Morgan fingerprint density at radius 2 is 1.96 bits per heavy atom. The Morgan fingerprint density at radius 1 is 1.21 bits per heavy atom. The summed E-state index contributed by atoms with van der Waals surface area (Å²) >= 11 is 0. The molecule has 3 aliphatic rings. The molecule has 3 saturated carbocycles. The number of ketones is 1. The van der Waals surface area contributed by atoms with Crippen molar-refractivity contribution < 1.29 is 4.79 Å². The molecule has 0 bridgehead atoms. The van der Waals surface area contributed by atoms with Crippen molar-refractivity contribution in [1.82, 2.24) is 0 Å². The molecule has 0 aliphatic heterocycles. The standard InChI is InChI=1S/C23H38O/c1-6-8-21(24)22(4)14-12-20-19(17(22)3)11-10-18-15-16(2)9-7-13-23(18,20)5/h17-20H,2,6-15H2,1,3-5H3. The Hall–Kier alpha value is -0.590. The predicted molar refractivity (Wildman–Crippen MR) is 102 cm³/mol. The Kier molecular flexibility index (Phi) is 5.02. The van der Waals surface area contributed by atoms with Crippen LogP contribution in [0.2, 0.25) is 0 Å². The van der Waals surface area contributed by atoms with E-state index in [1.54, 1.807) is 0 Å². The number of carbonyl (C=O) groups is 1. The van der Waals surface area contributed by atoms with Gasteiger partial charge in [-0.2, -0.15) is 0 Å². The van der Waals surface area contributed by atoms with E-state index in [2.05, 4.69) is 34.3 Å². The Balaban J connectivity index is 1.85. The number of fused-ring (bicyclic) bond motifs is 3. The third-order valence-electron chi connectivity index (χ3n) is 8.66. The molecule has 0 aromatic heterocycles. The second-order valence-electron chi connectivity index (χ2n) is 9.78. The van der Waals surface area contributed by atoms with Crippen LogP contribution in [0.3, 0.4) is 0 Å². The highest BCUT2D eigenvalue weighted by molar-refractivity contribution is 5.84. The molecule has 0 aromatic rings. The minimum absolute atomic E-state index is 0.0608. The van der Waals surface area contributed by atoms with Gasteiger partial charge in [0.25, 0.3) is 0 Å². The molecule has 1 heteroatoms. The lowest BCUT2D eigenvalue weighted by Crippen LogP contribution is -2.53. The first-order chi connectivity index (χ1) is 11.3. The van der Waals surface area contributed by atoms with Crippen LogP contribution in [0.1, 0.15) is 91.9 Å². The normalized spacial score (nSPS) is 45.9. The van der Waals surface area contributed by atoms with E-state index in [1.165, 1.54) is 50.5 Å². The summed E-state index contributed by atoms with van der Waals surface area (Å²) < 4.78 is 0. The summed E-state index contributed by atoms with van der Waals surface area (Å²) in [5.41, 5.74) is 1.93. The minimum Gasteiger partial charge on any atom is -0.299 e. The Morgan fingerprint density at radius 3 is 2.67 bits per heavy atom. The van der Waals surface area contributed by atoms with Crippen LogP contribution in [-0.4, -0.2) is 5.78 Å². The SMILES string of the molecule is C=C1CCCC2(C)C(CCC3C(C)C(C)(C(=O)CCC)CCC32)C1. The number of hydrogen-bond acceptors (Lipinski definition) is 1. The van der Waals surface area contributed by atoms with Gasteiger partial charge in [0.1, 0.15) is 5.78 Å². The van der Waals surface area contributed by atoms with Crippen molar-refractivity contribution in [2.24, 2.45) is 34.5 Å². The molecule has 3 aliphatic carbocycles. The van der Waals surface area contributed by atoms with Crippen LogP contribution in [-0.2, 0) is 4.79 Å². The number of Topliss-reactive ketones (excluding diaryl/α,β-unsaturated/α-hetero) is 1. The van der Waals surface area contributed by atoms with Gasteiger partial charge in [-0.25, -0.2) is 0 Å². The zero-order valence-electron chi connectivity index (χ0n) is 16.5. The summed E-state index contributed by atoms with van der Waals surface area (Å²) in [6.45, 7) is 13.8. The number of rotatable bonds is 3. The first kappa shape index (κ1) is 18.2. The number of allylic oxidation sites excluding steroid dienone is 1. The second kappa shape index (κ2) is 6.61. The molecule has 0 radical (unpaired) electrons. The molecule has 6 unspecified atom stereocenters. The van der Waals surface area contributed by atoms with Crippen LogP contribution in [0.15, 0.2) is 12.2 Å². The first-order valence-electron chi connectivity index (χ1n) is 10.5. The van der Waals surface area contributed by atoms with Gasteiger partial charge in [0.15, 0.2) is 0 Å². The molecule has 1 nitrogen and oxygen atoms in total. The van der Waals surface area contributed by atoms with Crippen LogP contribution in [0.25, 0.3) is 0 Å². The van der Waals surface area contributed by atoms with Crippen LogP contribution in [0.4, 0.5) is 0 Å². The lowest BCUT2D eigenvalue weighted by atomic mass is 9.46. The molecule has 0 heterocycles. The monoisotopic (exact) mass is 330 g/mol. The van der Waals surface area contributed by atoms with E-state index >= 15 is 0 Å². The maximum Gasteiger partial charge on any atom is 0.139 e. The Labute approximate surface area is 149 Å². The summed E-state index contributed by atoms with van der Waals surface area (Å²) in [5.74, 6) is 3.53. The molecule has 0 spiro atoms. The lowest BCUT2D eigenvalue weighted by molar-refractivity contribution is -0.144. The summed E-state index contributed by atoms with van der Waals surface area (Å²) in [5, 5.41) is 0. The summed E-state index contributed by atoms with van der Waals surface area (Å²) in [7, 11) is 0. The van der Waals surface area contributed by atoms with Crippen molar-refractivity contribution in [3.63, 3.8) is 0 Å². The fraction of sp³-hybridized carbons (Fsp3) is 0.870. The van der Waals surface area contributed by atoms with Gasteiger partial charge in [0, 0.05) is 11.8 Å². The second-order valence-corrected chi connectivity index (χ2v) is 9.78. The zero-order valence-corrected chi connectivity index (χ0v) is 16.5. The van der Waals surface area contributed by atoms with E-state index in [-0.39, 0.29) is 5.41 Å². The van der Waals surface area contributed by atoms with E-state index in [9.17, 15) is 4.79 Å². The van der Waals surface area contributed by atoms with Crippen LogP contribution >= 0.6 is 0 Å².